The van der Waals surface area contributed by atoms with Gasteiger partial charge in [0, 0.05) is 18.0 Å². The first-order chi connectivity index (χ1) is 11.9. The smallest absolute Gasteiger partial charge is 0.289 e. The molecule has 0 aliphatic heterocycles. The molecule has 1 amide bonds. The molecule has 0 unspecified atom stereocenters. The van der Waals surface area contributed by atoms with Crippen molar-refractivity contribution in [1.82, 2.24) is 0 Å². The Morgan fingerprint density at radius 1 is 1.32 bits per heavy atom. The molecule has 0 aliphatic carbocycles. The van der Waals surface area contributed by atoms with E-state index in [2.05, 4.69) is 10.6 Å². The predicted molar refractivity (Wildman–Crippen MR) is 92.2 cm³/mol. The number of nitrogens with one attached hydrogen (secondary N) is 2. The van der Waals surface area contributed by atoms with Gasteiger partial charge in [0.1, 0.15) is 22.4 Å². The zero-order valence-electron chi connectivity index (χ0n) is 12.6. The van der Waals surface area contributed by atoms with Gasteiger partial charge in [-0.25, -0.2) is 0 Å². The summed E-state index contributed by atoms with van der Waals surface area (Å²) in [6.45, 7) is 0. The van der Waals surface area contributed by atoms with E-state index < -0.39 is 10.8 Å². The average molecular weight is 359 g/mol. The number of aromatic hydroxyl groups is 1. The molecule has 0 saturated heterocycles. The first-order valence-electron chi connectivity index (χ1n) is 6.82. The van der Waals surface area contributed by atoms with Crippen LogP contribution in [-0.4, -0.2) is 15.9 Å². The Balaban J connectivity index is 2.17. The van der Waals surface area contributed by atoms with Crippen molar-refractivity contribution in [1.29, 1.82) is 5.26 Å². The number of nitro groups is 1. The molecule has 0 saturated carbocycles. The Morgan fingerprint density at radius 3 is 2.68 bits per heavy atom. The lowest BCUT2D eigenvalue weighted by Gasteiger charge is -2.07. The minimum Gasteiger partial charge on any atom is -0.506 e. The summed E-state index contributed by atoms with van der Waals surface area (Å²) in [6, 6.07) is 11.7. The summed E-state index contributed by atoms with van der Waals surface area (Å²) >= 11 is 5.71. The number of amides is 1. The Kier molecular flexibility index (Phi) is 5.55. The van der Waals surface area contributed by atoms with E-state index in [0.717, 1.165) is 6.20 Å². The molecule has 2 rings (SSSR count). The summed E-state index contributed by atoms with van der Waals surface area (Å²) in [4.78, 5) is 22.3. The molecule has 0 fully saturated rings. The highest BCUT2D eigenvalue weighted by molar-refractivity contribution is 6.32. The van der Waals surface area contributed by atoms with Crippen molar-refractivity contribution in [3.05, 3.63) is 69.4 Å². The maximum atomic E-state index is 12.1. The number of rotatable bonds is 5. The first-order valence-corrected chi connectivity index (χ1v) is 7.20. The van der Waals surface area contributed by atoms with E-state index in [1.165, 1.54) is 30.3 Å². The summed E-state index contributed by atoms with van der Waals surface area (Å²) in [5, 5.41) is 34.6. The van der Waals surface area contributed by atoms with Crippen LogP contribution in [0.25, 0.3) is 0 Å². The van der Waals surface area contributed by atoms with E-state index in [1.807, 2.05) is 0 Å². The second-order valence-electron chi connectivity index (χ2n) is 4.71. The van der Waals surface area contributed by atoms with Gasteiger partial charge in [-0.15, -0.1) is 0 Å². The zero-order valence-corrected chi connectivity index (χ0v) is 13.3. The monoisotopic (exact) mass is 358 g/mol. The van der Waals surface area contributed by atoms with Crippen molar-refractivity contribution < 1.29 is 14.8 Å². The highest BCUT2D eigenvalue weighted by Crippen LogP contribution is 2.27. The van der Waals surface area contributed by atoms with Crippen LogP contribution in [0, 0.1) is 21.4 Å². The predicted octanol–water partition coefficient (Wildman–Crippen LogP) is 3.41. The lowest BCUT2D eigenvalue weighted by Crippen LogP contribution is -2.14. The Bertz CT molecular complexity index is 905. The van der Waals surface area contributed by atoms with Gasteiger partial charge in [-0.3, -0.25) is 14.9 Å². The molecule has 0 radical (unpaired) electrons. The third-order valence-corrected chi connectivity index (χ3v) is 3.36. The number of nitriles is 1. The molecule has 0 aromatic heterocycles. The number of nitro benzene ring substituents is 1. The zero-order chi connectivity index (χ0) is 18.4. The fourth-order valence-corrected chi connectivity index (χ4v) is 2.00. The molecule has 0 spiro atoms. The van der Waals surface area contributed by atoms with Crippen LogP contribution in [-0.2, 0) is 4.79 Å². The van der Waals surface area contributed by atoms with Gasteiger partial charge < -0.3 is 15.7 Å². The lowest BCUT2D eigenvalue weighted by atomic mass is 10.2. The fourth-order valence-electron chi connectivity index (χ4n) is 1.82. The number of anilines is 2. The van der Waals surface area contributed by atoms with Crippen LogP contribution in [0.4, 0.5) is 17.1 Å². The molecular weight excluding hydrogens is 348 g/mol. The number of para-hydroxylation sites is 2. The van der Waals surface area contributed by atoms with Gasteiger partial charge in [0.2, 0.25) is 0 Å². The third kappa shape index (κ3) is 4.46. The SMILES string of the molecule is N#C/C(=C/Nc1ccc(Cl)c([N+](=O)[O-])c1)C(=O)Nc1ccccc1O. The standard InChI is InChI=1S/C16H11ClN4O4/c17-12-6-5-11(7-14(12)21(24)25)19-9-10(8-18)16(23)20-13-3-1-2-4-15(13)22/h1-7,9,19,22H,(H,20,23)/b10-9-. The molecule has 3 N–H and O–H groups in total. The van der Waals surface area contributed by atoms with Crippen molar-refractivity contribution in [3.8, 4) is 11.8 Å². The maximum Gasteiger partial charge on any atom is 0.289 e. The number of carbonyl (C=O) groups is 1. The number of nitrogens with zero attached hydrogens (tertiary/aromatic N) is 2. The lowest BCUT2D eigenvalue weighted by molar-refractivity contribution is -0.384. The summed E-state index contributed by atoms with van der Waals surface area (Å²) in [7, 11) is 0. The maximum absolute atomic E-state index is 12.1. The van der Waals surface area contributed by atoms with Crippen LogP contribution in [0.2, 0.25) is 5.02 Å². The van der Waals surface area contributed by atoms with E-state index in [-0.39, 0.29) is 33.4 Å². The van der Waals surface area contributed by atoms with Crippen LogP contribution >= 0.6 is 11.6 Å². The first kappa shape index (κ1) is 17.8. The van der Waals surface area contributed by atoms with Crippen molar-refractivity contribution in [3.63, 3.8) is 0 Å². The molecule has 0 atom stereocenters. The Morgan fingerprint density at radius 2 is 2.04 bits per heavy atom. The molecule has 0 aliphatic rings. The van der Waals surface area contributed by atoms with Crippen LogP contribution < -0.4 is 10.6 Å². The van der Waals surface area contributed by atoms with E-state index >= 15 is 0 Å². The van der Waals surface area contributed by atoms with Crippen LogP contribution in [0.15, 0.2) is 54.2 Å². The van der Waals surface area contributed by atoms with Gasteiger partial charge in [-0.05, 0) is 24.3 Å². The van der Waals surface area contributed by atoms with Crippen molar-refractivity contribution in [2.24, 2.45) is 0 Å². The van der Waals surface area contributed by atoms with Gasteiger partial charge in [0.05, 0.1) is 10.6 Å². The molecule has 126 valence electrons. The van der Waals surface area contributed by atoms with Crippen molar-refractivity contribution in [2.45, 2.75) is 0 Å². The van der Waals surface area contributed by atoms with E-state index in [0.29, 0.717) is 0 Å². The Hall–Kier alpha value is -3.57. The minimum absolute atomic E-state index is 0.0302. The average Bonchev–Trinajstić information content (AvgIpc) is 2.58. The number of carbonyl (C=O) groups excluding carboxylic acids is 1. The molecule has 9 heteroatoms. The molecular formula is C16H11ClN4O4. The van der Waals surface area contributed by atoms with Crippen molar-refractivity contribution in [2.75, 3.05) is 10.6 Å². The fraction of sp³-hybridized carbons (Fsp3) is 0. The number of hydrogen-bond acceptors (Lipinski definition) is 6. The molecule has 0 heterocycles. The van der Waals surface area contributed by atoms with Gasteiger partial charge in [-0.1, -0.05) is 23.7 Å². The molecule has 25 heavy (non-hydrogen) atoms. The van der Waals surface area contributed by atoms with E-state index in [1.54, 1.807) is 18.2 Å². The van der Waals surface area contributed by atoms with Crippen molar-refractivity contribution >= 4 is 34.6 Å². The molecule has 8 nitrogen and oxygen atoms in total. The highest BCUT2D eigenvalue weighted by Gasteiger charge is 2.14. The van der Waals surface area contributed by atoms with Crippen LogP contribution in [0.5, 0.6) is 5.75 Å². The minimum atomic E-state index is -0.750. The third-order valence-electron chi connectivity index (χ3n) is 3.04. The highest BCUT2D eigenvalue weighted by atomic mass is 35.5. The number of phenols is 1. The number of benzene rings is 2. The second-order valence-corrected chi connectivity index (χ2v) is 5.12. The number of halogens is 1. The van der Waals surface area contributed by atoms with Crippen LogP contribution in [0.3, 0.4) is 0 Å². The van der Waals surface area contributed by atoms with Gasteiger partial charge >= 0.3 is 0 Å². The quantitative estimate of drug-likeness (QED) is 0.247. The van der Waals surface area contributed by atoms with Crippen LogP contribution in [0.1, 0.15) is 0 Å². The normalized spacial score (nSPS) is 10.6. The van der Waals surface area contributed by atoms with Gasteiger partial charge in [0.25, 0.3) is 11.6 Å². The molecule has 2 aromatic carbocycles. The molecule has 2 aromatic rings. The van der Waals surface area contributed by atoms with Gasteiger partial charge in [0.15, 0.2) is 0 Å². The summed E-state index contributed by atoms with van der Waals surface area (Å²) < 4.78 is 0. The number of phenolic OH excluding ortho intramolecular Hbond substituents is 1. The largest absolute Gasteiger partial charge is 0.506 e. The van der Waals surface area contributed by atoms with Gasteiger partial charge in [-0.2, -0.15) is 5.26 Å². The second kappa shape index (κ2) is 7.81. The summed E-state index contributed by atoms with van der Waals surface area (Å²) in [6.07, 6.45) is 1.10. The topological polar surface area (TPSA) is 128 Å². The summed E-state index contributed by atoms with van der Waals surface area (Å²) in [5.41, 5.74) is -0.173. The van der Waals surface area contributed by atoms with E-state index in [9.17, 15) is 20.0 Å². The Labute approximate surface area is 147 Å². The molecule has 0 bridgehead atoms. The van der Waals surface area contributed by atoms with E-state index in [4.69, 9.17) is 16.9 Å². The summed E-state index contributed by atoms with van der Waals surface area (Å²) in [5.74, 6) is -0.894. The number of hydrogen-bond donors (Lipinski definition) is 3.